The minimum atomic E-state index is 0.419. The minimum absolute atomic E-state index is 0.419. The predicted octanol–water partition coefficient (Wildman–Crippen LogP) is 3.28. The zero-order valence-corrected chi connectivity index (χ0v) is 13.0. The molecule has 0 spiro atoms. The van der Waals surface area contributed by atoms with Crippen molar-refractivity contribution in [3.8, 4) is 0 Å². The van der Waals surface area contributed by atoms with Crippen molar-refractivity contribution < 1.29 is 4.74 Å². The first-order valence-corrected chi connectivity index (χ1v) is 7.49. The normalized spacial score (nSPS) is 16.1. The molecule has 1 aliphatic rings. The molecule has 0 atom stereocenters. The summed E-state index contributed by atoms with van der Waals surface area (Å²) < 4.78 is 7.58. The van der Waals surface area contributed by atoms with Gasteiger partial charge in [0.15, 0.2) is 0 Å². The van der Waals surface area contributed by atoms with Crippen LogP contribution in [0.25, 0.3) is 5.65 Å². The van der Waals surface area contributed by atoms with Crippen molar-refractivity contribution in [1.82, 2.24) is 9.38 Å². The molecule has 0 N–H and O–H groups in total. The van der Waals surface area contributed by atoms with Crippen molar-refractivity contribution in [2.24, 2.45) is 0 Å². The van der Waals surface area contributed by atoms with E-state index in [1.54, 1.807) is 7.11 Å². The second-order valence-corrected chi connectivity index (χ2v) is 4.97. The number of methoxy groups -OCH3 is 1. The van der Waals surface area contributed by atoms with E-state index in [2.05, 4.69) is 39.5 Å². The van der Waals surface area contributed by atoms with Crippen LogP contribution >= 0.6 is 0 Å². The van der Waals surface area contributed by atoms with Crippen molar-refractivity contribution in [3.63, 3.8) is 0 Å². The molecule has 0 aliphatic carbocycles. The number of ether oxygens (including phenoxy) is 1. The van der Waals surface area contributed by atoms with Crippen molar-refractivity contribution in [2.45, 2.75) is 39.7 Å². The Hall–Kier alpha value is -1.55. The lowest BCUT2D eigenvalue weighted by Crippen LogP contribution is -2.37. The molecule has 2 aromatic heterocycles. The summed E-state index contributed by atoms with van der Waals surface area (Å²) in [6, 6.07) is 4.24. The molecule has 0 amide bonds. The van der Waals surface area contributed by atoms with Crippen LogP contribution < -0.4 is 4.90 Å². The molecule has 110 valence electrons. The minimum Gasteiger partial charge on any atom is -0.381 e. The Balaban J connectivity index is 0.000000704. The van der Waals surface area contributed by atoms with Crippen LogP contribution in [0.3, 0.4) is 0 Å². The average molecular weight is 275 g/mol. The average Bonchev–Trinajstić information content (AvgIpc) is 2.92. The highest BCUT2D eigenvalue weighted by atomic mass is 16.5. The smallest absolute Gasteiger partial charge is 0.138 e. The molecule has 2 aromatic rings. The van der Waals surface area contributed by atoms with Gasteiger partial charge in [0.2, 0.25) is 0 Å². The summed E-state index contributed by atoms with van der Waals surface area (Å²) in [6.45, 7) is 8.18. The lowest BCUT2D eigenvalue weighted by Gasteiger charge is -2.32. The summed E-state index contributed by atoms with van der Waals surface area (Å²) in [5.74, 6) is 1.19. The zero-order chi connectivity index (χ0) is 14.5. The Morgan fingerprint density at radius 1 is 1.25 bits per heavy atom. The van der Waals surface area contributed by atoms with Gasteiger partial charge in [-0.25, -0.2) is 4.98 Å². The van der Waals surface area contributed by atoms with E-state index in [1.165, 1.54) is 11.4 Å². The first-order valence-electron chi connectivity index (χ1n) is 7.49. The quantitative estimate of drug-likeness (QED) is 0.842. The highest BCUT2D eigenvalue weighted by molar-refractivity contribution is 5.53. The number of nitrogens with zero attached hydrogens (tertiary/aromatic N) is 3. The van der Waals surface area contributed by atoms with Crippen molar-refractivity contribution in [2.75, 3.05) is 25.1 Å². The number of aromatic nitrogens is 2. The van der Waals surface area contributed by atoms with Crippen LogP contribution in [-0.4, -0.2) is 35.7 Å². The second-order valence-electron chi connectivity index (χ2n) is 4.97. The van der Waals surface area contributed by atoms with Crippen molar-refractivity contribution in [1.29, 1.82) is 0 Å². The molecule has 3 rings (SSSR count). The number of aryl methyl sites for hydroxylation is 1. The van der Waals surface area contributed by atoms with Crippen LogP contribution in [0.15, 0.2) is 24.5 Å². The molecule has 4 nitrogen and oxygen atoms in total. The fraction of sp³-hybridized carbons (Fsp3) is 0.562. The Labute approximate surface area is 121 Å². The highest BCUT2D eigenvalue weighted by Gasteiger charge is 2.20. The fourth-order valence-corrected chi connectivity index (χ4v) is 2.62. The first-order chi connectivity index (χ1) is 9.78. The number of hydrogen-bond donors (Lipinski definition) is 0. The molecular weight excluding hydrogens is 250 g/mol. The Morgan fingerprint density at radius 3 is 2.60 bits per heavy atom. The van der Waals surface area contributed by atoms with Gasteiger partial charge in [0, 0.05) is 26.4 Å². The molecule has 4 heteroatoms. The number of fused-ring (bicyclic) bond motifs is 1. The Morgan fingerprint density at radius 2 is 1.95 bits per heavy atom. The van der Waals surface area contributed by atoms with E-state index in [9.17, 15) is 0 Å². The lowest BCUT2D eigenvalue weighted by molar-refractivity contribution is 0.0818. The SMILES string of the molecule is CC.COC1CCN(c2cnc3cc(C)ccn23)CC1. The number of hydrogen-bond acceptors (Lipinski definition) is 3. The lowest BCUT2D eigenvalue weighted by atomic mass is 10.1. The van der Waals surface area contributed by atoms with Gasteiger partial charge in [-0.15, -0.1) is 0 Å². The summed E-state index contributed by atoms with van der Waals surface area (Å²) in [7, 11) is 1.80. The van der Waals surface area contributed by atoms with Gasteiger partial charge >= 0.3 is 0 Å². The maximum absolute atomic E-state index is 5.41. The van der Waals surface area contributed by atoms with Crippen molar-refractivity contribution in [3.05, 3.63) is 30.1 Å². The summed E-state index contributed by atoms with van der Waals surface area (Å²) in [6.07, 6.45) is 6.69. The molecular formula is C16H25N3O. The van der Waals surface area contributed by atoms with Crippen LogP contribution in [0.2, 0.25) is 0 Å². The molecule has 0 bridgehead atoms. The van der Waals surface area contributed by atoms with Gasteiger partial charge in [-0.2, -0.15) is 0 Å². The summed E-state index contributed by atoms with van der Waals surface area (Å²) in [5, 5.41) is 0. The first kappa shape index (κ1) is 14.9. The third kappa shape index (κ3) is 2.96. The van der Waals surface area contributed by atoms with Gasteiger partial charge in [-0.1, -0.05) is 13.8 Å². The van der Waals surface area contributed by atoms with Gasteiger partial charge in [-0.05, 0) is 37.5 Å². The molecule has 0 radical (unpaired) electrons. The number of pyridine rings is 1. The summed E-state index contributed by atoms with van der Waals surface area (Å²) >= 11 is 0. The largest absolute Gasteiger partial charge is 0.381 e. The van der Waals surface area contributed by atoms with E-state index < -0.39 is 0 Å². The summed E-state index contributed by atoms with van der Waals surface area (Å²) in [5.41, 5.74) is 2.27. The Bertz CT molecular complexity index is 542. The molecule has 0 saturated carbocycles. The predicted molar refractivity (Wildman–Crippen MR) is 83.5 cm³/mol. The fourth-order valence-electron chi connectivity index (χ4n) is 2.62. The maximum atomic E-state index is 5.41. The third-order valence-electron chi connectivity index (χ3n) is 3.75. The van der Waals surface area contributed by atoms with E-state index in [1.807, 2.05) is 20.0 Å². The van der Waals surface area contributed by atoms with Crippen LogP contribution in [0, 0.1) is 6.92 Å². The van der Waals surface area contributed by atoms with E-state index in [0.717, 1.165) is 31.6 Å². The number of anilines is 1. The van der Waals surface area contributed by atoms with E-state index in [4.69, 9.17) is 4.74 Å². The van der Waals surface area contributed by atoms with Crippen LogP contribution in [0.4, 0.5) is 5.82 Å². The van der Waals surface area contributed by atoms with Gasteiger partial charge in [0.05, 0.1) is 12.3 Å². The molecule has 1 saturated heterocycles. The highest BCUT2D eigenvalue weighted by Crippen LogP contribution is 2.22. The van der Waals surface area contributed by atoms with E-state index in [-0.39, 0.29) is 0 Å². The van der Waals surface area contributed by atoms with Crippen molar-refractivity contribution >= 4 is 11.5 Å². The monoisotopic (exact) mass is 275 g/mol. The molecule has 0 unspecified atom stereocenters. The number of imidazole rings is 1. The van der Waals surface area contributed by atoms with Gasteiger partial charge in [-0.3, -0.25) is 4.40 Å². The summed E-state index contributed by atoms with van der Waals surface area (Å²) in [4.78, 5) is 6.88. The third-order valence-corrected chi connectivity index (χ3v) is 3.75. The molecule has 0 aromatic carbocycles. The zero-order valence-electron chi connectivity index (χ0n) is 13.0. The molecule has 3 heterocycles. The number of piperidine rings is 1. The van der Waals surface area contributed by atoms with Crippen LogP contribution in [0.5, 0.6) is 0 Å². The Kier molecular flexibility index (Phi) is 5.01. The van der Waals surface area contributed by atoms with Gasteiger partial charge in [0.1, 0.15) is 11.5 Å². The van der Waals surface area contributed by atoms with Gasteiger partial charge < -0.3 is 9.64 Å². The second kappa shape index (κ2) is 6.75. The topological polar surface area (TPSA) is 29.8 Å². The van der Waals surface area contributed by atoms with Crippen LogP contribution in [0.1, 0.15) is 32.3 Å². The molecule has 20 heavy (non-hydrogen) atoms. The van der Waals surface area contributed by atoms with Gasteiger partial charge in [0.25, 0.3) is 0 Å². The van der Waals surface area contributed by atoms with Crippen LogP contribution in [-0.2, 0) is 4.74 Å². The molecule has 1 aliphatic heterocycles. The van der Waals surface area contributed by atoms with E-state index >= 15 is 0 Å². The van der Waals surface area contributed by atoms with E-state index in [0.29, 0.717) is 6.10 Å². The standard InChI is InChI=1S/C14H19N3O.C2H6/c1-11-3-8-17-13(9-11)15-10-14(17)16-6-4-12(18-2)5-7-16;1-2/h3,8-10,12H,4-7H2,1-2H3;1-2H3. The number of rotatable bonds is 2. The molecule has 1 fully saturated rings. The maximum Gasteiger partial charge on any atom is 0.138 e.